The normalized spacial score (nSPS) is 25.9. The molecule has 41 heavy (non-hydrogen) atoms. The minimum absolute atomic E-state index is 0.00725. The van der Waals surface area contributed by atoms with Crippen LogP contribution >= 0.6 is 11.3 Å². The third-order valence-electron chi connectivity index (χ3n) is 9.03. The highest BCUT2D eigenvalue weighted by atomic mass is 32.2. The van der Waals surface area contributed by atoms with Gasteiger partial charge in [-0.25, -0.2) is 18.1 Å². The van der Waals surface area contributed by atoms with Crippen molar-refractivity contribution in [3.8, 4) is 10.7 Å². The lowest BCUT2D eigenvalue weighted by Crippen LogP contribution is -2.47. The van der Waals surface area contributed by atoms with Gasteiger partial charge in [-0.2, -0.15) is 13.2 Å². The molecule has 4 fully saturated rings. The van der Waals surface area contributed by atoms with Crippen LogP contribution in [0.15, 0.2) is 17.2 Å². The van der Waals surface area contributed by atoms with E-state index in [2.05, 4.69) is 19.8 Å². The van der Waals surface area contributed by atoms with Gasteiger partial charge in [0.15, 0.2) is 10.7 Å². The summed E-state index contributed by atoms with van der Waals surface area (Å²) in [7, 11) is -3.96. The largest absolute Gasteiger partial charge is 0.445 e. The number of ether oxygens (including phenoxy) is 1. The fourth-order valence-corrected chi connectivity index (χ4v) is 8.31. The number of alkyl halides is 3. The molecule has 2 N–H and O–H groups in total. The fourth-order valence-electron chi connectivity index (χ4n) is 6.07. The van der Waals surface area contributed by atoms with Crippen LogP contribution in [0, 0.1) is 5.41 Å². The number of anilines is 1. The standard InChI is InChI=1S/C26H31F3N6O4S2/c1-14-20(36)25(13-39-14)7-9-34(10-8-25)17-11-16(41(37,38)33-24(2)5-6-24)12-35-19(18(15-3-4-15)30-21(17)35)22-31-32-23(40-22)26(27,28)29/h11-12,14-15,20,33,36H,3-10,13H2,1-2H3/t14-,20+/m0/s1. The van der Waals surface area contributed by atoms with Crippen LogP contribution in [0.4, 0.5) is 18.9 Å². The van der Waals surface area contributed by atoms with Gasteiger partial charge >= 0.3 is 6.18 Å². The number of pyridine rings is 1. The highest BCUT2D eigenvalue weighted by molar-refractivity contribution is 7.89. The summed E-state index contributed by atoms with van der Waals surface area (Å²) in [6.45, 7) is 5.25. The minimum atomic E-state index is -4.64. The molecule has 2 atom stereocenters. The third kappa shape index (κ3) is 4.73. The number of rotatable bonds is 6. The Balaban J connectivity index is 1.36. The zero-order valence-electron chi connectivity index (χ0n) is 22.6. The molecule has 0 aromatic carbocycles. The van der Waals surface area contributed by atoms with Gasteiger partial charge in [-0.05, 0) is 58.4 Å². The minimum Gasteiger partial charge on any atom is -0.390 e. The molecule has 2 saturated heterocycles. The first-order valence-electron chi connectivity index (χ1n) is 13.8. The molecule has 5 heterocycles. The number of aromatic nitrogens is 4. The molecule has 3 aromatic heterocycles. The Morgan fingerprint density at radius 3 is 2.44 bits per heavy atom. The molecule has 0 unspecified atom stereocenters. The zero-order chi connectivity index (χ0) is 28.9. The van der Waals surface area contributed by atoms with Crippen molar-refractivity contribution in [1.82, 2.24) is 24.3 Å². The fraction of sp³-hybridized carbons (Fsp3) is 0.654. The van der Waals surface area contributed by atoms with Crippen molar-refractivity contribution in [1.29, 1.82) is 0 Å². The van der Waals surface area contributed by atoms with E-state index in [4.69, 9.17) is 9.72 Å². The zero-order valence-corrected chi connectivity index (χ0v) is 24.2. The van der Waals surface area contributed by atoms with Crippen LogP contribution in [0.5, 0.6) is 0 Å². The average Bonchev–Trinajstić information content (AvgIpc) is 3.76. The van der Waals surface area contributed by atoms with Crippen molar-refractivity contribution in [3.05, 3.63) is 23.0 Å². The van der Waals surface area contributed by atoms with Gasteiger partial charge in [0.2, 0.25) is 15.0 Å². The highest BCUT2D eigenvalue weighted by Crippen LogP contribution is 2.48. The highest BCUT2D eigenvalue weighted by Gasteiger charge is 2.49. The van der Waals surface area contributed by atoms with Crippen LogP contribution in [0.25, 0.3) is 16.3 Å². The number of imidazole rings is 1. The molecule has 2 aliphatic carbocycles. The number of halogens is 3. The maximum atomic E-state index is 13.6. The molecule has 1 spiro atoms. The lowest BCUT2D eigenvalue weighted by molar-refractivity contribution is -0.138. The number of aliphatic hydroxyl groups excluding tert-OH is 1. The summed E-state index contributed by atoms with van der Waals surface area (Å²) >= 11 is 0.431. The van der Waals surface area contributed by atoms with Gasteiger partial charge in [0.25, 0.3) is 0 Å². The van der Waals surface area contributed by atoms with Crippen LogP contribution in [0.1, 0.15) is 69.0 Å². The summed E-state index contributed by atoms with van der Waals surface area (Å²) in [4.78, 5) is 6.98. The third-order valence-corrected chi connectivity index (χ3v) is 11.6. The van der Waals surface area contributed by atoms with Crippen LogP contribution in [-0.4, -0.2) is 70.5 Å². The van der Waals surface area contributed by atoms with Gasteiger partial charge in [-0.3, -0.25) is 4.40 Å². The quantitative estimate of drug-likeness (QED) is 0.430. The number of hydrogen-bond donors (Lipinski definition) is 2. The molecular weight excluding hydrogens is 581 g/mol. The number of hydrogen-bond acceptors (Lipinski definition) is 9. The molecule has 0 amide bonds. The maximum absolute atomic E-state index is 13.6. The number of piperidine rings is 1. The predicted molar refractivity (Wildman–Crippen MR) is 144 cm³/mol. The first-order valence-corrected chi connectivity index (χ1v) is 16.1. The topological polar surface area (TPSA) is 122 Å². The number of nitrogens with one attached hydrogen (secondary N) is 1. The van der Waals surface area contributed by atoms with Crippen molar-refractivity contribution in [2.24, 2.45) is 5.41 Å². The summed E-state index contributed by atoms with van der Waals surface area (Å²) in [6.07, 6.45) is 0.387. The van der Waals surface area contributed by atoms with Gasteiger partial charge in [-0.1, -0.05) is 11.3 Å². The molecular formula is C26H31F3N6O4S2. The second-order valence-electron chi connectivity index (χ2n) is 12.3. The van der Waals surface area contributed by atoms with Crippen molar-refractivity contribution < 1.29 is 31.4 Å². The first kappa shape index (κ1) is 27.5. The van der Waals surface area contributed by atoms with E-state index >= 15 is 0 Å². The Morgan fingerprint density at radius 1 is 1.17 bits per heavy atom. The number of nitrogens with zero attached hydrogens (tertiary/aromatic N) is 5. The van der Waals surface area contributed by atoms with E-state index in [1.807, 2.05) is 13.8 Å². The number of fused-ring (bicyclic) bond motifs is 1. The van der Waals surface area contributed by atoms with E-state index in [0.717, 1.165) is 25.7 Å². The number of sulfonamides is 1. The van der Waals surface area contributed by atoms with Crippen LogP contribution < -0.4 is 9.62 Å². The molecule has 222 valence electrons. The molecule has 4 aliphatic rings. The predicted octanol–water partition coefficient (Wildman–Crippen LogP) is 3.95. The van der Waals surface area contributed by atoms with Crippen molar-refractivity contribution in [2.75, 3.05) is 24.6 Å². The maximum Gasteiger partial charge on any atom is 0.445 e. The van der Waals surface area contributed by atoms with Gasteiger partial charge in [0, 0.05) is 36.2 Å². The van der Waals surface area contributed by atoms with Gasteiger partial charge in [0.05, 0.1) is 30.2 Å². The molecule has 2 saturated carbocycles. The molecule has 2 aliphatic heterocycles. The van der Waals surface area contributed by atoms with E-state index in [0.29, 0.717) is 66.6 Å². The Hall–Kier alpha value is -2.33. The van der Waals surface area contributed by atoms with Crippen LogP contribution in [-0.2, 0) is 20.9 Å². The first-order chi connectivity index (χ1) is 19.3. The van der Waals surface area contributed by atoms with Crippen molar-refractivity contribution >= 4 is 32.7 Å². The molecule has 10 nitrogen and oxygen atoms in total. The van der Waals surface area contributed by atoms with Gasteiger partial charge in [0.1, 0.15) is 10.6 Å². The summed E-state index contributed by atoms with van der Waals surface area (Å²) < 4.78 is 77.7. The van der Waals surface area contributed by atoms with E-state index in [1.54, 1.807) is 10.5 Å². The van der Waals surface area contributed by atoms with E-state index in [1.165, 1.54) is 6.20 Å². The summed E-state index contributed by atoms with van der Waals surface area (Å²) in [5.41, 5.74) is 1.13. The van der Waals surface area contributed by atoms with E-state index in [9.17, 15) is 26.7 Å². The summed E-state index contributed by atoms with van der Waals surface area (Å²) in [6, 6.07) is 1.61. The Bertz CT molecular complexity index is 1620. The second-order valence-corrected chi connectivity index (χ2v) is 14.9. The van der Waals surface area contributed by atoms with Crippen LogP contribution in [0.2, 0.25) is 0 Å². The molecule has 3 aromatic rings. The van der Waals surface area contributed by atoms with Crippen LogP contribution in [0.3, 0.4) is 0 Å². The average molecular weight is 613 g/mol. The van der Waals surface area contributed by atoms with Gasteiger partial charge in [-0.15, -0.1) is 10.2 Å². The second kappa shape index (κ2) is 9.09. The van der Waals surface area contributed by atoms with Crippen molar-refractivity contribution in [2.45, 2.75) is 87.1 Å². The monoisotopic (exact) mass is 612 g/mol. The lowest BCUT2D eigenvalue weighted by Gasteiger charge is -2.41. The van der Waals surface area contributed by atoms with E-state index < -0.39 is 32.9 Å². The summed E-state index contributed by atoms with van der Waals surface area (Å²) in [5.74, 6) is 0.0523. The lowest BCUT2D eigenvalue weighted by atomic mass is 9.74. The molecule has 0 radical (unpaired) electrons. The summed E-state index contributed by atoms with van der Waals surface area (Å²) in [5, 5.41) is 17.1. The SMILES string of the molecule is C[C@@H]1OCC2(CCN(c3cc(S(=O)(=O)NC4(C)CC4)cn4c(-c5nnc(C(F)(F)F)s5)c(C5CC5)nc34)CC2)[C@@H]1O. The van der Waals surface area contributed by atoms with Gasteiger partial charge < -0.3 is 14.7 Å². The molecule has 15 heteroatoms. The molecule has 7 rings (SSSR count). The van der Waals surface area contributed by atoms with Crippen molar-refractivity contribution in [3.63, 3.8) is 0 Å². The molecule has 0 bridgehead atoms. The Morgan fingerprint density at radius 2 is 1.88 bits per heavy atom. The number of aliphatic hydroxyl groups is 1. The Labute approximate surface area is 239 Å². The van der Waals surface area contributed by atoms with E-state index in [-0.39, 0.29) is 27.3 Å². The Kier molecular flexibility index (Phi) is 6.09. The smallest absolute Gasteiger partial charge is 0.390 e.